The van der Waals surface area contributed by atoms with Crippen molar-refractivity contribution in [2.45, 2.75) is 105 Å². The Balaban J connectivity index is 1.82. The highest BCUT2D eigenvalue weighted by atomic mass is 16.5. The first-order valence-electron chi connectivity index (χ1n) is 15.2. The number of likely N-dealkylation sites (tertiary alicyclic amines) is 1. The van der Waals surface area contributed by atoms with E-state index in [0.29, 0.717) is 19.4 Å². The third-order valence-electron chi connectivity index (χ3n) is 8.90. The first-order valence-corrected chi connectivity index (χ1v) is 15.2. The Hall–Kier alpha value is -2.91. The van der Waals surface area contributed by atoms with E-state index in [1.165, 1.54) is 6.08 Å². The third-order valence-corrected chi connectivity index (χ3v) is 8.90. The molecule has 0 aromatic rings. The molecule has 1 heterocycles. The molecule has 3 unspecified atom stereocenters. The van der Waals surface area contributed by atoms with E-state index < -0.39 is 41.8 Å². The molecule has 41 heavy (non-hydrogen) atoms. The number of rotatable bonds is 12. The molecular formula is C31H50N4O6. The van der Waals surface area contributed by atoms with Crippen molar-refractivity contribution in [1.29, 1.82) is 0 Å². The van der Waals surface area contributed by atoms with Crippen LogP contribution in [-0.2, 0) is 23.9 Å². The summed E-state index contributed by atoms with van der Waals surface area (Å²) in [7, 11) is 0. The van der Waals surface area contributed by atoms with Crippen molar-refractivity contribution in [2.75, 3.05) is 19.7 Å². The normalized spacial score (nSPS) is 24.8. The molecular weight excluding hydrogens is 524 g/mol. The van der Waals surface area contributed by atoms with Gasteiger partial charge in [-0.15, -0.1) is 6.58 Å². The predicted octanol–water partition coefficient (Wildman–Crippen LogP) is 3.35. The summed E-state index contributed by atoms with van der Waals surface area (Å²) < 4.78 is 5.45. The minimum absolute atomic E-state index is 0.0462. The van der Waals surface area contributed by atoms with E-state index in [2.05, 4.69) is 36.4 Å². The zero-order valence-electron chi connectivity index (χ0n) is 25.7. The van der Waals surface area contributed by atoms with Gasteiger partial charge in [0.15, 0.2) is 0 Å². The fourth-order valence-corrected chi connectivity index (χ4v) is 6.52. The monoisotopic (exact) mass is 574 g/mol. The van der Waals surface area contributed by atoms with Crippen LogP contribution in [0.15, 0.2) is 12.7 Å². The topological polar surface area (TPSA) is 134 Å². The Morgan fingerprint density at radius 3 is 2.32 bits per heavy atom. The lowest BCUT2D eigenvalue weighted by Crippen LogP contribution is -2.59. The maximum absolute atomic E-state index is 14.2. The number of fused-ring (bicyclic) bond motifs is 1. The maximum Gasteiger partial charge on any atom is 0.407 e. The van der Waals surface area contributed by atoms with Crippen LogP contribution in [0.3, 0.4) is 0 Å². The van der Waals surface area contributed by atoms with Crippen molar-refractivity contribution in [1.82, 2.24) is 20.9 Å². The highest BCUT2D eigenvalue weighted by Crippen LogP contribution is 2.65. The third kappa shape index (κ3) is 7.89. The maximum atomic E-state index is 14.2. The molecule has 3 N–H and O–H groups in total. The van der Waals surface area contributed by atoms with Gasteiger partial charge < -0.3 is 25.6 Å². The van der Waals surface area contributed by atoms with E-state index in [0.717, 1.165) is 32.1 Å². The molecule has 3 aliphatic rings. The number of carbonyl (C=O) groups is 5. The van der Waals surface area contributed by atoms with Crippen LogP contribution in [0.2, 0.25) is 0 Å². The zero-order chi connectivity index (χ0) is 30.5. The molecule has 3 rings (SSSR count). The number of nitrogens with zero attached hydrogens (tertiary/aromatic N) is 1. The van der Waals surface area contributed by atoms with Gasteiger partial charge in [0.25, 0.3) is 5.91 Å². The number of ketones is 1. The van der Waals surface area contributed by atoms with E-state index in [1.54, 1.807) is 4.90 Å². The SMILES string of the molecule is C=CCNC(=O)C(=O)C(CCC)NC(=O)[C@@H]1C2C(CN1C(=O)[C@@H](NC(=O)OCC(C)(C)C)C1CCCCC1)C2(C)C. The Morgan fingerprint density at radius 2 is 1.73 bits per heavy atom. The number of Topliss-reactive ketones (excluding diaryl/α,β-unsaturated/α-hetero) is 1. The van der Waals surface area contributed by atoms with Gasteiger partial charge in [0, 0.05) is 13.1 Å². The molecule has 0 aromatic heterocycles. The summed E-state index contributed by atoms with van der Waals surface area (Å²) in [4.78, 5) is 67.7. The van der Waals surface area contributed by atoms with Crippen molar-refractivity contribution in [3.63, 3.8) is 0 Å². The number of amides is 4. The number of carbonyl (C=O) groups excluding carboxylic acids is 5. The van der Waals surface area contributed by atoms with E-state index in [-0.39, 0.29) is 47.6 Å². The smallest absolute Gasteiger partial charge is 0.407 e. The molecule has 10 nitrogen and oxygen atoms in total. The van der Waals surface area contributed by atoms with Crippen molar-refractivity contribution in [2.24, 2.45) is 28.6 Å². The van der Waals surface area contributed by atoms with Gasteiger partial charge in [0.2, 0.25) is 17.6 Å². The zero-order valence-corrected chi connectivity index (χ0v) is 25.7. The molecule has 10 heteroatoms. The number of ether oxygens (including phenoxy) is 1. The summed E-state index contributed by atoms with van der Waals surface area (Å²) in [6, 6.07) is -2.57. The van der Waals surface area contributed by atoms with Crippen LogP contribution < -0.4 is 16.0 Å². The van der Waals surface area contributed by atoms with E-state index in [9.17, 15) is 24.0 Å². The summed E-state index contributed by atoms with van der Waals surface area (Å²) in [5.74, 6) is -2.19. The fourth-order valence-electron chi connectivity index (χ4n) is 6.52. The average Bonchev–Trinajstić information content (AvgIpc) is 3.24. The Morgan fingerprint density at radius 1 is 1.07 bits per heavy atom. The van der Waals surface area contributed by atoms with Crippen molar-refractivity contribution in [3.8, 4) is 0 Å². The van der Waals surface area contributed by atoms with Crippen LogP contribution in [0, 0.1) is 28.6 Å². The molecule has 2 saturated carbocycles. The lowest BCUT2D eigenvalue weighted by Gasteiger charge is -2.37. The lowest BCUT2D eigenvalue weighted by molar-refractivity contribution is -0.145. The van der Waals surface area contributed by atoms with Gasteiger partial charge in [0.05, 0.1) is 12.6 Å². The minimum Gasteiger partial charge on any atom is -0.449 e. The summed E-state index contributed by atoms with van der Waals surface area (Å²) in [5.41, 5.74) is -0.356. The van der Waals surface area contributed by atoms with Gasteiger partial charge in [-0.2, -0.15) is 0 Å². The second-order valence-electron chi connectivity index (χ2n) is 13.8. The lowest BCUT2D eigenvalue weighted by atomic mass is 9.83. The first-order chi connectivity index (χ1) is 19.2. The molecule has 0 aromatic carbocycles. The van der Waals surface area contributed by atoms with Crippen LogP contribution in [0.5, 0.6) is 0 Å². The first kappa shape index (κ1) is 32.6. The average molecular weight is 575 g/mol. The minimum atomic E-state index is -0.991. The van der Waals surface area contributed by atoms with Gasteiger partial charge in [-0.1, -0.05) is 73.3 Å². The molecule has 0 spiro atoms. The molecule has 230 valence electrons. The van der Waals surface area contributed by atoms with E-state index >= 15 is 0 Å². The fraction of sp³-hybridized carbons (Fsp3) is 0.774. The molecule has 3 fully saturated rings. The summed E-state index contributed by atoms with van der Waals surface area (Å²) in [5, 5.41) is 8.16. The van der Waals surface area contributed by atoms with Crippen LogP contribution in [0.1, 0.15) is 86.5 Å². The second-order valence-corrected chi connectivity index (χ2v) is 13.8. The summed E-state index contributed by atoms with van der Waals surface area (Å²) >= 11 is 0. The predicted molar refractivity (Wildman–Crippen MR) is 156 cm³/mol. The van der Waals surface area contributed by atoms with Crippen LogP contribution >= 0.6 is 0 Å². The van der Waals surface area contributed by atoms with Gasteiger partial charge in [-0.25, -0.2) is 4.79 Å². The van der Waals surface area contributed by atoms with Crippen molar-refractivity contribution >= 4 is 29.6 Å². The quantitative estimate of drug-likeness (QED) is 0.242. The molecule has 0 bridgehead atoms. The molecule has 0 radical (unpaired) electrons. The largest absolute Gasteiger partial charge is 0.449 e. The van der Waals surface area contributed by atoms with Crippen molar-refractivity contribution < 1.29 is 28.7 Å². The number of nitrogens with one attached hydrogen (secondary N) is 3. The van der Waals surface area contributed by atoms with Gasteiger partial charge in [0.1, 0.15) is 12.1 Å². The number of hydrogen-bond acceptors (Lipinski definition) is 6. The van der Waals surface area contributed by atoms with E-state index in [1.807, 2.05) is 27.7 Å². The Bertz CT molecular complexity index is 1010. The van der Waals surface area contributed by atoms with Crippen LogP contribution in [-0.4, -0.2) is 72.3 Å². The summed E-state index contributed by atoms with van der Waals surface area (Å²) in [6.07, 6.45) is 6.40. The number of piperidine rings is 1. The molecule has 4 amide bonds. The number of hydrogen-bond donors (Lipinski definition) is 3. The second kappa shape index (κ2) is 13.4. The Kier molecular flexibility index (Phi) is 10.6. The van der Waals surface area contributed by atoms with Crippen LogP contribution in [0.4, 0.5) is 4.79 Å². The van der Waals surface area contributed by atoms with Crippen molar-refractivity contribution in [3.05, 3.63) is 12.7 Å². The molecule has 1 saturated heterocycles. The van der Waals surface area contributed by atoms with E-state index in [4.69, 9.17) is 4.74 Å². The van der Waals surface area contributed by atoms with Gasteiger partial charge >= 0.3 is 6.09 Å². The van der Waals surface area contributed by atoms with Gasteiger partial charge in [-0.3, -0.25) is 19.2 Å². The standard InChI is InChI=1S/C31H50N4O6/c1-8-13-21(25(36)27(38)32-16-9-2)33-26(37)24-22-20(31(22,6)7)17-35(24)28(39)23(19-14-11-10-12-15-19)34-29(40)41-18-30(3,4)5/h9,19-24H,2,8,10-18H2,1,3-7H3,(H,32,38)(H,33,37)(H,34,40)/t20?,21?,22?,23-,24-/m0/s1. The van der Waals surface area contributed by atoms with Crippen LogP contribution in [0.25, 0.3) is 0 Å². The number of alkyl carbamates (subject to hydrolysis) is 1. The molecule has 5 atom stereocenters. The summed E-state index contributed by atoms with van der Waals surface area (Å²) in [6.45, 7) is 16.2. The Labute approximate surface area is 244 Å². The highest BCUT2D eigenvalue weighted by Gasteiger charge is 2.69. The highest BCUT2D eigenvalue weighted by molar-refractivity contribution is 6.38. The molecule has 1 aliphatic heterocycles. The molecule has 2 aliphatic carbocycles. The van der Waals surface area contributed by atoms with Gasteiger partial charge in [-0.05, 0) is 47.8 Å².